The summed E-state index contributed by atoms with van der Waals surface area (Å²) in [5.41, 5.74) is 2.52. The average molecular weight is 295 g/mol. The Kier molecular flexibility index (Phi) is 3.87. The summed E-state index contributed by atoms with van der Waals surface area (Å²) >= 11 is 0. The van der Waals surface area contributed by atoms with Gasteiger partial charge in [-0.15, -0.1) is 0 Å². The van der Waals surface area contributed by atoms with Crippen LogP contribution in [0.25, 0.3) is 0 Å². The first-order valence-corrected chi connectivity index (χ1v) is 7.29. The summed E-state index contributed by atoms with van der Waals surface area (Å²) in [5.74, 6) is -0.182. The summed E-state index contributed by atoms with van der Waals surface area (Å²) in [5, 5.41) is 2.86. The molecular formula is C17H17N3O2. The van der Waals surface area contributed by atoms with Crippen LogP contribution in [0.15, 0.2) is 42.5 Å². The number of benzene rings is 1. The molecule has 0 spiro atoms. The number of hydrogen-bond acceptors (Lipinski definition) is 3. The van der Waals surface area contributed by atoms with Gasteiger partial charge in [0.1, 0.15) is 5.69 Å². The molecule has 2 amide bonds. The van der Waals surface area contributed by atoms with Gasteiger partial charge in [-0.3, -0.25) is 9.59 Å². The standard InChI is InChI=1S/C17H17N3O2/c1-12-6-4-8-14(18-12)17(22)19-13-7-2-3-9-15(13)20-11-5-10-16(20)21/h2-4,6-9H,5,10-11H2,1H3,(H,19,22). The summed E-state index contributed by atoms with van der Waals surface area (Å²) in [7, 11) is 0. The molecule has 5 heteroatoms. The van der Waals surface area contributed by atoms with Gasteiger partial charge in [0, 0.05) is 18.7 Å². The van der Waals surface area contributed by atoms with Gasteiger partial charge in [0.2, 0.25) is 5.91 Å². The molecule has 1 aromatic carbocycles. The van der Waals surface area contributed by atoms with E-state index in [-0.39, 0.29) is 11.8 Å². The third-order valence-corrected chi connectivity index (χ3v) is 3.64. The SMILES string of the molecule is Cc1cccc(C(=O)Nc2ccccc2N2CCCC2=O)n1. The van der Waals surface area contributed by atoms with E-state index in [1.165, 1.54) is 0 Å². The minimum Gasteiger partial charge on any atom is -0.319 e. The maximum atomic E-state index is 12.3. The Labute approximate surface area is 129 Å². The third kappa shape index (κ3) is 2.83. The van der Waals surface area contributed by atoms with Crippen LogP contribution >= 0.6 is 0 Å². The Bertz CT molecular complexity index is 727. The maximum absolute atomic E-state index is 12.3. The van der Waals surface area contributed by atoms with Crippen molar-refractivity contribution in [2.24, 2.45) is 0 Å². The molecule has 1 fully saturated rings. The molecule has 0 aliphatic carbocycles. The lowest BCUT2D eigenvalue weighted by Crippen LogP contribution is -2.25. The normalized spacial score (nSPS) is 14.2. The maximum Gasteiger partial charge on any atom is 0.274 e. The zero-order chi connectivity index (χ0) is 15.5. The number of nitrogens with one attached hydrogen (secondary N) is 1. The fourth-order valence-electron chi connectivity index (χ4n) is 2.57. The average Bonchev–Trinajstić information content (AvgIpc) is 2.94. The molecule has 0 radical (unpaired) electrons. The molecule has 22 heavy (non-hydrogen) atoms. The number of hydrogen-bond donors (Lipinski definition) is 1. The quantitative estimate of drug-likeness (QED) is 0.947. The molecule has 0 atom stereocenters. The van der Waals surface area contributed by atoms with Crippen LogP contribution in [0.3, 0.4) is 0 Å². The van der Waals surface area contributed by atoms with Crippen LogP contribution in [0.1, 0.15) is 29.0 Å². The second-order valence-corrected chi connectivity index (χ2v) is 5.28. The van der Waals surface area contributed by atoms with Gasteiger partial charge >= 0.3 is 0 Å². The molecule has 1 N–H and O–H groups in total. The summed E-state index contributed by atoms with van der Waals surface area (Å²) < 4.78 is 0. The monoisotopic (exact) mass is 295 g/mol. The van der Waals surface area contributed by atoms with Gasteiger partial charge in [-0.1, -0.05) is 18.2 Å². The van der Waals surface area contributed by atoms with Crippen LogP contribution in [0.2, 0.25) is 0 Å². The number of aromatic nitrogens is 1. The number of pyridine rings is 1. The van der Waals surface area contributed by atoms with Crippen LogP contribution in [-0.2, 0) is 4.79 Å². The van der Waals surface area contributed by atoms with Crippen LogP contribution < -0.4 is 10.2 Å². The first kappa shape index (κ1) is 14.3. The van der Waals surface area contributed by atoms with Gasteiger partial charge < -0.3 is 10.2 Å². The summed E-state index contributed by atoms with van der Waals surface area (Å²) in [6, 6.07) is 12.7. The number of aryl methyl sites for hydroxylation is 1. The first-order valence-electron chi connectivity index (χ1n) is 7.29. The van der Waals surface area contributed by atoms with Crippen molar-refractivity contribution >= 4 is 23.2 Å². The molecule has 1 aromatic heterocycles. The number of amides is 2. The Morgan fingerprint density at radius 3 is 2.73 bits per heavy atom. The van der Waals surface area contributed by atoms with Crippen LogP contribution in [0.5, 0.6) is 0 Å². The second-order valence-electron chi connectivity index (χ2n) is 5.28. The van der Waals surface area contributed by atoms with Crippen molar-refractivity contribution < 1.29 is 9.59 Å². The predicted molar refractivity (Wildman–Crippen MR) is 85.0 cm³/mol. The Hall–Kier alpha value is -2.69. The fraction of sp³-hybridized carbons (Fsp3) is 0.235. The number of anilines is 2. The lowest BCUT2D eigenvalue weighted by Gasteiger charge is -2.19. The van der Waals surface area contributed by atoms with Crippen molar-refractivity contribution in [2.45, 2.75) is 19.8 Å². The van der Waals surface area contributed by atoms with Crippen molar-refractivity contribution in [3.63, 3.8) is 0 Å². The summed E-state index contributed by atoms with van der Waals surface area (Å²) in [4.78, 5) is 30.2. The molecule has 1 saturated heterocycles. The van der Waals surface area contributed by atoms with Crippen LogP contribution in [-0.4, -0.2) is 23.3 Å². The van der Waals surface area contributed by atoms with Gasteiger partial charge in [-0.2, -0.15) is 0 Å². The van der Waals surface area contributed by atoms with Crippen molar-refractivity contribution in [1.82, 2.24) is 4.98 Å². The number of rotatable bonds is 3. The highest BCUT2D eigenvalue weighted by Gasteiger charge is 2.24. The molecule has 2 heterocycles. The van der Waals surface area contributed by atoms with Crippen molar-refractivity contribution in [3.8, 4) is 0 Å². The zero-order valence-electron chi connectivity index (χ0n) is 12.4. The topological polar surface area (TPSA) is 62.3 Å². The predicted octanol–water partition coefficient (Wildman–Crippen LogP) is 2.77. The smallest absolute Gasteiger partial charge is 0.274 e. The van der Waals surface area contributed by atoms with Crippen molar-refractivity contribution in [3.05, 3.63) is 53.9 Å². The molecule has 0 saturated carbocycles. The molecule has 0 unspecified atom stereocenters. The number of carbonyl (C=O) groups is 2. The molecule has 112 valence electrons. The van der Waals surface area contributed by atoms with Gasteiger partial charge in [0.25, 0.3) is 5.91 Å². The molecule has 5 nitrogen and oxygen atoms in total. The Morgan fingerprint density at radius 1 is 1.18 bits per heavy atom. The highest BCUT2D eigenvalue weighted by molar-refractivity contribution is 6.07. The van der Waals surface area contributed by atoms with E-state index in [2.05, 4.69) is 10.3 Å². The first-order chi connectivity index (χ1) is 10.6. The minimum absolute atomic E-state index is 0.0929. The van der Waals surface area contributed by atoms with E-state index < -0.39 is 0 Å². The van der Waals surface area contributed by atoms with E-state index in [4.69, 9.17) is 0 Å². The Morgan fingerprint density at radius 2 is 2.00 bits per heavy atom. The van der Waals surface area contributed by atoms with Gasteiger partial charge in [0.05, 0.1) is 11.4 Å². The summed E-state index contributed by atoms with van der Waals surface area (Å²) in [6.07, 6.45) is 1.41. The van der Waals surface area contributed by atoms with E-state index in [9.17, 15) is 9.59 Å². The largest absolute Gasteiger partial charge is 0.319 e. The number of para-hydroxylation sites is 2. The van der Waals surface area contributed by atoms with Gasteiger partial charge in [-0.05, 0) is 37.6 Å². The number of carbonyl (C=O) groups excluding carboxylic acids is 2. The second kappa shape index (κ2) is 5.97. The third-order valence-electron chi connectivity index (χ3n) is 3.64. The molecule has 0 bridgehead atoms. The van der Waals surface area contributed by atoms with Crippen LogP contribution in [0.4, 0.5) is 11.4 Å². The van der Waals surface area contributed by atoms with E-state index in [1.807, 2.05) is 31.2 Å². The minimum atomic E-state index is -0.275. The molecule has 3 rings (SSSR count). The molecule has 1 aliphatic heterocycles. The lowest BCUT2D eigenvalue weighted by molar-refractivity contribution is -0.117. The van der Waals surface area contributed by atoms with Gasteiger partial charge in [0.15, 0.2) is 0 Å². The number of nitrogens with zero attached hydrogens (tertiary/aromatic N) is 2. The van der Waals surface area contributed by atoms with Crippen LogP contribution in [0, 0.1) is 6.92 Å². The Balaban J connectivity index is 1.86. The zero-order valence-corrected chi connectivity index (χ0v) is 12.4. The molecule has 1 aliphatic rings. The summed E-state index contributed by atoms with van der Waals surface area (Å²) in [6.45, 7) is 2.53. The molecular weight excluding hydrogens is 278 g/mol. The van der Waals surface area contributed by atoms with E-state index in [0.717, 1.165) is 17.8 Å². The van der Waals surface area contributed by atoms with E-state index in [0.29, 0.717) is 24.3 Å². The van der Waals surface area contributed by atoms with Gasteiger partial charge in [-0.25, -0.2) is 4.98 Å². The van der Waals surface area contributed by atoms with E-state index >= 15 is 0 Å². The highest BCUT2D eigenvalue weighted by atomic mass is 16.2. The fourth-order valence-corrected chi connectivity index (χ4v) is 2.57. The molecule has 2 aromatic rings. The van der Waals surface area contributed by atoms with Crippen molar-refractivity contribution in [1.29, 1.82) is 0 Å². The lowest BCUT2D eigenvalue weighted by atomic mass is 10.2. The van der Waals surface area contributed by atoms with E-state index in [1.54, 1.807) is 23.1 Å². The highest BCUT2D eigenvalue weighted by Crippen LogP contribution is 2.29. The van der Waals surface area contributed by atoms with Crippen molar-refractivity contribution in [2.75, 3.05) is 16.8 Å².